The maximum absolute atomic E-state index is 12.1. The molecule has 3 N–H and O–H groups in total. The molecule has 2 heterocycles. The number of hydrogen-bond donors (Lipinski definition) is 3. The monoisotopic (exact) mass is 541 g/mol. The third-order valence-electron chi connectivity index (χ3n) is 5.34. The van der Waals surface area contributed by atoms with Crippen LogP contribution in [0.4, 0.5) is 0 Å². The van der Waals surface area contributed by atoms with E-state index in [4.69, 9.17) is 0 Å². The zero-order valence-electron chi connectivity index (χ0n) is 17.6. The van der Waals surface area contributed by atoms with Crippen molar-refractivity contribution in [1.82, 2.24) is 20.9 Å². The quantitative estimate of drug-likeness (QED) is 0.218. The van der Waals surface area contributed by atoms with Crippen molar-refractivity contribution in [1.29, 1.82) is 0 Å². The Bertz CT molecular complexity index is 784. The van der Waals surface area contributed by atoms with Crippen molar-refractivity contribution in [3.05, 3.63) is 58.3 Å². The standard InChI is InChI=1S/C22H31N5OS.HI/c1-23-22(25-13-12-24-21(28)17-8-4-3-5-9-17)26-16-18-10-6-14-27(2)20(18)19-11-7-15-29-19;/h3-5,7-9,11,15,18,20H,6,10,12-14,16H2,1-2H3,(H,24,28)(H2,23,25,26);1H. The first-order chi connectivity index (χ1) is 14.2. The summed E-state index contributed by atoms with van der Waals surface area (Å²) < 4.78 is 0. The van der Waals surface area contributed by atoms with Crippen molar-refractivity contribution in [2.45, 2.75) is 18.9 Å². The normalized spacial score (nSPS) is 19.6. The van der Waals surface area contributed by atoms with Crippen molar-refractivity contribution >= 4 is 47.2 Å². The molecule has 164 valence electrons. The number of rotatable bonds is 7. The highest BCUT2D eigenvalue weighted by molar-refractivity contribution is 14.0. The Morgan fingerprint density at radius 1 is 1.13 bits per heavy atom. The van der Waals surface area contributed by atoms with E-state index in [9.17, 15) is 4.79 Å². The summed E-state index contributed by atoms with van der Waals surface area (Å²) in [5.74, 6) is 1.26. The summed E-state index contributed by atoms with van der Waals surface area (Å²) in [6.45, 7) is 3.19. The predicted octanol–water partition coefficient (Wildman–Crippen LogP) is 3.34. The van der Waals surface area contributed by atoms with Crippen LogP contribution in [-0.4, -0.2) is 57.0 Å². The second-order valence-electron chi connectivity index (χ2n) is 7.34. The minimum absolute atomic E-state index is 0. The van der Waals surface area contributed by atoms with Gasteiger partial charge in [-0.2, -0.15) is 0 Å². The van der Waals surface area contributed by atoms with Crippen molar-refractivity contribution < 1.29 is 4.79 Å². The summed E-state index contributed by atoms with van der Waals surface area (Å²) in [5.41, 5.74) is 0.677. The molecule has 2 aromatic rings. The Morgan fingerprint density at radius 2 is 1.90 bits per heavy atom. The zero-order chi connectivity index (χ0) is 20.5. The Labute approximate surface area is 200 Å². The minimum Gasteiger partial charge on any atom is -0.356 e. The second-order valence-corrected chi connectivity index (χ2v) is 8.32. The van der Waals surface area contributed by atoms with Crippen LogP contribution >= 0.6 is 35.3 Å². The lowest BCUT2D eigenvalue weighted by atomic mass is 9.88. The van der Waals surface area contributed by atoms with Gasteiger partial charge in [0.05, 0.1) is 0 Å². The van der Waals surface area contributed by atoms with Crippen LogP contribution < -0.4 is 16.0 Å². The number of aliphatic imine (C=N–C) groups is 1. The summed E-state index contributed by atoms with van der Waals surface area (Å²) in [7, 11) is 4.00. The number of halogens is 1. The molecule has 1 amide bonds. The van der Waals surface area contributed by atoms with E-state index >= 15 is 0 Å². The van der Waals surface area contributed by atoms with Crippen LogP contribution in [0, 0.1) is 5.92 Å². The number of hydrogen-bond acceptors (Lipinski definition) is 4. The molecule has 8 heteroatoms. The van der Waals surface area contributed by atoms with E-state index in [2.05, 4.69) is 50.4 Å². The largest absolute Gasteiger partial charge is 0.356 e. The Kier molecular flexibility index (Phi) is 10.6. The first-order valence-corrected chi connectivity index (χ1v) is 11.1. The van der Waals surface area contributed by atoms with Crippen LogP contribution in [0.3, 0.4) is 0 Å². The predicted molar refractivity (Wildman–Crippen MR) is 136 cm³/mol. The Morgan fingerprint density at radius 3 is 2.60 bits per heavy atom. The third-order valence-corrected chi connectivity index (χ3v) is 6.28. The van der Waals surface area contributed by atoms with Crippen molar-refractivity contribution in [3.8, 4) is 0 Å². The van der Waals surface area contributed by atoms with Gasteiger partial charge in [0.2, 0.25) is 0 Å². The summed E-state index contributed by atoms with van der Waals surface area (Å²) in [6, 6.07) is 14.1. The average molecular weight is 542 g/mol. The first-order valence-electron chi connectivity index (χ1n) is 10.2. The molecule has 1 saturated heterocycles. The molecule has 0 aliphatic carbocycles. The molecule has 1 aromatic heterocycles. The van der Waals surface area contributed by atoms with Gasteiger partial charge in [-0.25, -0.2) is 0 Å². The van der Waals surface area contributed by atoms with Gasteiger partial charge < -0.3 is 16.0 Å². The van der Waals surface area contributed by atoms with E-state index < -0.39 is 0 Å². The van der Waals surface area contributed by atoms with Gasteiger partial charge in [0.15, 0.2) is 5.96 Å². The number of guanidine groups is 1. The smallest absolute Gasteiger partial charge is 0.251 e. The van der Waals surface area contributed by atoms with Crippen LogP contribution in [0.25, 0.3) is 0 Å². The van der Waals surface area contributed by atoms with Gasteiger partial charge in [-0.3, -0.25) is 14.7 Å². The van der Waals surface area contributed by atoms with Gasteiger partial charge in [0.25, 0.3) is 5.91 Å². The molecule has 0 radical (unpaired) electrons. The number of nitrogens with one attached hydrogen (secondary N) is 3. The Hall–Kier alpha value is -1.65. The van der Waals surface area contributed by atoms with Gasteiger partial charge in [-0.15, -0.1) is 35.3 Å². The van der Waals surface area contributed by atoms with Gasteiger partial charge in [0, 0.05) is 43.2 Å². The summed E-state index contributed by atoms with van der Waals surface area (Å²) in [4.78, 5) is 20.3. The molecule has 1 aliphatic heterocycles. The van der Waals surface area contributed by atoms with Crippen LogP contribution in [0.5, 0.6) is 0 Å². The minimum atomic E-state index is -0.0561. The molecule has 2 unspecified atom stereocenters. The van der Waals surface area contributed by atoms with Gasteiger partial charge in [-0.05, 0) is 55.9 Å². The summed E-state index contributed by atoms with van der Waals surface area (Å²) in [5, 5.41) is 11.9. The topological polar surface area (TPSA) is 68.8 Å². The molecule has 1 aliphatic rings. The number of nitrogens with zero attached hydrogens (tertiary/aromatic N) is 2. The molecule has 6 nitrogen and oxygen atoms in total. The third kappa shape index (κ3) is 6.95. The SMILES string of the molecule is CN=C(NCCNC(=O)c1ccccc1)NCC1CCCN(C)C1c1cccs1.I. The van der Waals surface area contributed by atoms with Crippen LogP contribution in [0.15, 0.2) is 52.8 Å². The van der Waals surface area contributed by atoms with Crippen molar-refractivity contribution in [3.63, 3.8) is 0 Å². The fraction of sp³-hybridized carbons (Fsp3) is 0.455. The fourth-order valence-corrected chi connectivity index (χ4v) is 4.86. The van der Waals surface area contributed by atoms with Crippen LogP contribution in [0.1, 0.15) is 34.1 Å². The van der Waals surface area contributed by atoms with Crippen molar-refractivity contribution in [2.75, 3.05) is 40.3 Å². The first kappa shape index (κ1) is 24.6. The maximum atomic E-state index is 12.1. The molecular weight excluding hydrogens is 509 g/mol. The van der Waals surface area contributed by atoms with Crippen molar-refractivity contribution in [2.24, 2.45) is 10.9 Å². The number of thiophene rings is 1. The van der Waals surface area contributed by atoms with E-state index in [0.717, 1.165) is 19.0 Å². The van der Waals surface area contributed by atoms with Gasteiger partial charge in [0.1, 0.15) is 0 Å². The lowest BCUT2D eigenvalue weighted by molar-refractivity contribution is 0.0954. The van der Waals surface area contributed by atoms with E-state index in [-0.39, 0.29) is 29.9 Å². The molecule has 0 bridgehead atoms. The lowest BCUT2D eigenvalue weighted by Crippen LogP contribution is -2.46. The lowest BCUT2D eigenvalue weighted by Gasteiger charge is -2.39. The second kappa shape index (κ2) is 12.9. The van der Waals surface area contributed by atoms with E-state index in [1.165, 1.54) is 17.7 Å². The van der Waals surface area contributed by atoms with Gasteiger partial charge in [-0.1, -0.05) is 24.3 Å². The number of likely N-dealkylation sites (tertiary alicyclic amines) is 1. The fourth-order valence-electron chi connectivity index (χ4n) is 3.88. The molecule has 1 fully saturated rings. The van der Waals surface area contributed by atoms with Crippen LogP contribution in [-0.2, 0) is 0 Å². The number of benzene rings is 1. The maximum Gasteiger partial charge on any atom is 0.251 e. The Balaban J connectivity index is 0.00000320. The molecule has 0 spiro atoms. The number of amides is 1. The molecule has 30 heavy (non-hydrogen) atoms. The molecule has 3 rings (SSSR count). The number of carbonyl (C=O) groups excluding carboxylic acids is 1. The highest BCUT2D eigenvalue weighted by atomic mass is 127. The van der Waals surface area contributed by atoms with E-state index in [0.29, 0.717) is 30.6 Å². The molecule has 2 atom stereocenters. The highest BCUT2D eigenvalue weighted by Gasteiger charge is 2.31. The zero-order valence-corrected chi connectivity index (χ0v) is 20.8. The average Bonchev–Trinajstić information content (AvgIpc) is 3.28. The molecule has 0 saturated carbocycles. The van der Waals surface area contributed by atoms with Crippen LogP contribution in [0.2, 0.25) is 0 Å². The molecular formula is C22H32IN5OS. The van der Waals surface area contributed by atoms with E-state index in [1.807, 2.05) is 41.7 Å². The van der Waals surface area contributed by atoms with Gasteiger partial charge >= 0.3 is 0 Å². The molecule has 1 aromatic carbocycles. The number of piperidine rings is 1. The number of carbonyl (C=O) groups is 1. The summed E-state index contributed by atoms with van der Waals surface area (Å²) in [6.07, 6.45) is 2.44. The van der Waals surface area contributed by atoms with E-state index in [1.54, 1.807) is 7.05 Å². The summed E-state index contributed by atoms with van der Waals surface area (Å²) >= 11 is 1.84. The highest BCUT2D eigenvalue weighted by Crippen LogP contribution is 2.36.